The maximum atomic E-state index is 14.0. The zero-order valence-corrected chi connectivity index (χ0v) is 24.8. The summed E-state index contributed by atoms with van der Waals surface area (Å²) < 4.78 is 42.5. The van der Waals surface area contributed by atoms with Crippen LogP contribution >= 0.6 is 11.6 Å². The fourth-order valence-corrected chi connectivity index (χ4v) is 6.53. The van der Waals surface area contributed by atoms with Crippen LogP contribution in [0.4, 0.5) is 10.1 Å². The van der Waals surface area contributed by atoms with E-state index in [2.05, 4.69) is 5.32 Å². The van der Waals surface area contributed by atoms with Crippen LogP contribution in [0.25, 0.3) is 0 Å². The number of benzene rings is 3. The number of nitrogens with zero attached hydrogens (tertiary/aromatic N) is 2. The smallest absolute Gasteiger partial charge is 0.264 e. The van der Waals surface area contributed by atoms with E-state index in [9.17, 15) is 22.4 Å². The van der Waals surface area contributed by atoms with Gasteiger partial charge in [0.1, 0.15) is 18.4 Å². The Morgan fingerprint density at radius 2 is 1.66 bits per heavy atom. The molecule has 0 spiro atoms. The van der Waals surface area contributed by atoms with Crippen molar-refractivity contribution in [2.45, 2.75) is 69.5 Å². The second-order valence-electron chi connectivity index (χ2n) is 10.4. The molecule has 1 N–H and O–H groups in total. The van der Waals surface area contributed by atoms with Crippen LogP contribution in [0, 0.1) is 12.7 Å². The van der Waals surface area contributed by atoms with Gasteiger partial charge in [0.15, 0.2) is 0 Å². The molecule has 2 amide bonds. The van der Waals surface area contributed by atoms with Gasteiger partial charge in [0.05, 0.1) is 15.6 Å². The summed E-state index contributed by atoms with van der Waals surface area (Å²) in [6, 6.07) is 17.9. The maximum Gasteiger partial charge on any atom is 0.264 e. The van der Waals surface area contributed by atoms with E-state index in [0.29, 0.717) is 0 Å². The van der Waals surface area contributed by atoms with Gasteiger partial charge in [-0.3, -0.25) is 13.9 Å². The van der Waals surface area contributed by atoms with Gasteiger partial charge in [0, 0.05) is 12.6 Å². The first kappa shape index (κ1) is 30.5. The van der Waals surface area contributed by atoms with Crippen LogP contribution in [0.2, 0.25) is 5.02 Å². The first-order valence-corrected chi connectivity index (χ1v) is 15.6. The van der Waals surface area contributed by atoms with Crippen molar-refractivity contribution in [3.63, 3.8) is 0 Å². The van der Waals surface area contributed by atoms with Crippen molar-refractivity contribution in [3.8, 4) is 0 Å². The zero-order chi connectivity index (χ0) is 29.6. The lowest BCUT2D eigenvalue weighted by molar-refractivity contribution is -0.139. The number of halogens is 2. The number of rotatable bonds is 10. The van der Waals surface area contributed by atoms with Crippen LogP contribution in [0.5, 0.6) is 0 Å². The highest BCUT2D eigenvalue weighted by Crippen LogP contribution is 2.28. The van der Waals surface area contributed by atoms with Crippen LogP contribution < -0.4 is 9.62 Å². The molecular formula is C31H35ClFN3O4S. The highest BCUT2D eigenvalue weighted by molar-refractivity contribution is 7.92. The van der Waals surface area contributed by atoms with Crippen molar-refractivity contribution in [2.75, 3.05) is 10.8 Å². The average molecular weight is 600 g/mol. The first-order chi connectivity index (χ1) is 19.6. The Hall–Kier alpha value is -3.43. The molecular weight excluding hydrogens is 565 g/mol. The van der Waals surface area contributed by atoms with Crippen molar-refractivity contribution in [2.24, 2.45) is 0 Å². The van der Waals surface area contributed by atoms with Gasteiger partial charge in [-0.05, 0) is 62.6 Å². The highest BCUT2D eigenvalue weighted by Gasteiger charge is 2.33. The molecule has 0 aromatic heterocycles. The lowest BCUT2D eigenvalue weighted by Gasteiger charge is -2.33. The third-order valence-corrected chi connectivity index (χ3v) is 9.47. The van der Waals surface area contributed by atoms with Crippen LogP contribution in [-0.4, -0.2) is 43.8 Å². The van der Waals surface area contributed by atoms with Gasteiger partial charge in [0.25, 0.3) is 10.0 Å². The lowest BCUT2D eigenvalue weighted by atomic mass is 9.95. The average Bonchev–Trinajstić information content (AvgIpc) is 2.97. The topological polar surface area (TPSA) is 86.8 Å². The van der Waals surface area contributed by atoms with Gasteiger partial charge in [-0.25, -0.2) is 12.8 Å². The third-order valence-electron chi connectivity index (χ3n) is 7.39. The predicted octanol–water partition coefficient (Wildman–Crippen LogP) is 5.85. The minimum absolute atomic E-state index is 0.0307. The Labute approximate surface area is 246 Å². The van der Waals surface area contributed by atoms with E-state index in [1.165, 1.54) is 29.2 Å². The fourth-order valence-electron chi connectivity index (χ4n) is 4.93. The highest BCUT2D eigenvalue weighted by atomic mass is 35.5. The molecule has 4 rings (SSSR count). The number of hydrogen-bond donors (Lipinski definition) is 1. The van der Waals surface area contributed by atoms with E-state index in [1.54, 1.807) is 25.1 Å². The van der Waals surface area contributed by atoms with E-state index < -0.39 is 34.3 Å². The lowest BCUT2D eigenvalue weighted by Crippen LogP contribution is -2.53. The minimum atomic E-state index is -4.26. The molecule has 7 nitrogen and oxygen atoms in total. The molecule has 41 heavy (non-hydrogen) atoms. The SMILES string of the molecule is Cc1ccc(CN(C(=O)CN(c2ccc(F)c(Cl)c2)S(=O)(=O)c2ccccc2)C(C)C(=O)NC2CCCCC2)cc1. The summed E-state index contributed by atoms with van der Waals surface area (Å²) in [5.41, 5.74) is 1.87. The Morgan fingerprint density at radius 3 is 2.29 bits per heavy atom. The number of carbonyl (C=O) groups is 2. The zero-order valence-electron chi connectivity index (χ0n) is 23.2. The summed E-state index contributed by atoms with van der Waals surface area (Å²) in [7, 11) is -4.26. The van der Waals surface area contributed by atoms with Crippen LogP contribution in [0.3, 0.4) is 0 Å². The third kappa shape index (κ3) is 7.65. The van der Waals surface area contributed by atoms with E-state index in [0.717, 1.165) is 53.6 Å². The first-order valence-electron chi connectivity index (χ1n) is 13.7. The number of sulfonamides is 1. The molecule has 1 aliphatic carbocycles. The normalized spacial score (nSPS) is 14.7. The van der Waals surface area contributed by atoms with Crippen molar-refractivity contribution >= 4 is 39.1 Å². The van der Waals surface area contributed by atoms with E-state index >= 15 is 0 Å². The molecule has 0 aliphatic heterocycles. The molecule has 0 heterocycles. The molecule has 10 heteroatoms. The Balaban J connectivity index is 1.68. The Bertz CT molecular complexity index is 1460. The molecule has 1 aliphatic rings. The van der Waals surface area contributed by atoms with Crippen molar-refractivity contribution in [1.29, 1.82) is 0 Å². The van der Waals surface area contributed by atoms with Gasteiger partial charge >= 0.3 is 0 Å². The monoisotopic (exact) mass is 599 g/mol. The van der Waals surface area contributed by atoms with Gasteiger partial charge in [-0.15, -0.1) is 0 Å². The number of amides is 2. The molecule has 1 saturated carbocycles. The Morgan fingerprint density at radius 1 is 1.00 bits per heavy atom. The molecule has 0 bridgehead atoms. The van der Waals surface area contributed by atoms with E-state index in [-0.39, 0.29) is 34.1 Å². The molecule has 1 unspecified atom stereocenters. The number of nitrogens with one attached hydrogen (secondary N) is 1. The summed E-state index contributed by atoms with van der Waals surface area (Å²) in [6.07, 6.45) is 4.99. The summed E-state index contributed by atoms with van der Waals surface area (Å²) in [5, 5.41) is 2.80. The summed E-state index contributed by atoms with van der Waals surface area (Å²) in [6.45, 7) is 3.08. The minimum Gasteiger partial charge on any atom is -0.352 e. The predicted molar refractivity (Wildman–Crippen MR) is 159 cm³/mol. The van der Waals surface area contributed by atoms with Gasteiger partial charge in [-0.1, -0.05) is 78.9 Å². The largest absolute Gasteiger partial charge is 0.352 e. The number of anilines is 1. The molecule has 0 saturated heterocycles. The number of carbonyl (C=O) groups excluding carboxylic acids is 2. The molecule has 3 aromatic carbocycles. The number of aryl methyl sites for hydroxylation is 1. The summed E-state index contributed by atoms with van der Waals surface area (Å²) in [4.78, 5) is 28.7. The molecule has 218 valence electrons. The van der Waals surface area contributed by atoms with Crippen LogP contribution in [0.1, 0.15) is 50.2 Å². The van der Waals surface area contributed by atoms with Crippen LogP contribution in [-0.2, 0) is 26.2 Å². The summed E-state index contributed by atoms with van der Waals surface area (Å²) >= 11 is 6.01. The van der Waals surface area contributed by atoms with Crippen molar-refractivity contribution in [1.82, 2.24) is 10.2 Å². The fraction of sp³-hybridized carbons (Fsp3) is 0.355. The summed E-state index contributed by atoms with van der Waals surface area (Å²) in [5.74, 6) is -1.59. The molecule has 1 fully saturated rings. The van der Waals surface area contributed by atoms with E-state index in [4.69, 9.17) is 11.6 Å². The molecule has 1 atom stereocenters. The van der Waals surface area contributed by atoms with Gasteiger partial charge in [0.2, 0.25) is 11.8 Å². The molecule has 3 aromatic rings. The van der Waals surface area contributed by atoms with Crippen LogP contribution in [0.15, 0.2) is 77.7 Å². The quantitative estimate of drug-likeness (QED) is 0.317. The van der Waals surface area contributed by atoms with Gasteiger partial charge in [-0.2, -0.15) is 0 Å². The molecule has 0 radical (unpaired) electrons. The van der Waals surface area contributed by atoms with Crippen molar-refractivity contribution in [3.05, 3.63) is 94.8 Å². The Kier molecular flexibility index (Phi) is 10.0. The maximum absolute atomic E-state index is 14.0. The second kappa shape index (κ2) is 13.5. The van der Waals surface area contributed by atoms with Crippen molar-refractivity contribution < 1.29 is 22.4 Å². The standard InChI is InChI=1S/C31H35ClFN3O4S/c1-22-13-15-24(16-14-22)20-35(23(2)31(38)34-25-9-5-3-6-10-25)30(37)21-36(26-17-18-29(33)28(32)19-26)41(39,40)27-11-7-4-8-12-27/h4,7-8,11-19,23,25H,3,5-6,9-10,20-21H2,1-2H3,(H,34,38). The number of hydrogen-bond acceptors (Lipinski definition) is 4. The van der Waals surface area contributed by atoms with E-state index in [1.807, 2.05) is 31.2 Å². The van der Waals surface area contributed by atoms with Gasteiger partial charge < -0.3 is 10.2 Å². The second-order valence-corrected chi connectivity index (χ2v) is 12.7.